The molecular weight excluding hydrogens is 364 g/mol. The van der Waals surface area contributed by atoms with Crippen molar-refractivity contribution in [2.75, 3.05) is 32.0 Å². The van der Waals surface area contributed by atoms with Crippen molar-refractivity contribution in [1.82, 2.24) is 4.90 Å². The summed E-state index contributed by atoms with van der Waals surface area (Å²) in [5.74, 6) is 2.65. The Hall–Kier alpha value is -3.13. The summed E-state index contributed by atoms with van der Waals surface area (Å²) in [6.07, 6.45) is 0.00617. The summed E-state index contributed by atoms with van der Waals surface area (Å²) in [4.78, 5) is 14.2. The number of ether oxygens (including phenoxy) is 4. The van der Waals surface area contributed by atoms with Crippen molar-refractivity contribution >= 4 is 11.7 Å². The largest absolute Gasteiger partial charge is 0.454 e. The number of nitrogens with one attached hydrogen (secondary N) is 1. The number of aliphatic hydroxyl groups excluding tert-OH is 1. The molecule has 3 heterocycles. The van der Waals surface area contributed by atoms with Crippen molar-refractivity contribution in [3.63, 3.8) is 0 Å². The van der Waals surface area contributed by atoms with E-state index in [2.05, 4.69) is 5.32 Å². The van der Waals surface area contributed by atoms with E-state index in [1.807, 2.05) is 18.2 Å². The quantitative estimate of drug-likeness (QED) is 0.827. The van der Waals surface area contributed by atoms with Crippen molar-refractivity contribution in [1.29, 1.82) is 0 Å². The Labute approximate surface area is 161 Å². The predicted molar refractivity (Wildman–Crippen MR) is 99.1 cm³/mol. The molecular formula is C20H20N2O6. The topological polar surface area (TPSA) is 89.5 Å². The van der Waals surface area contributed by atoms with Gasteiger partial charge in [0.2, 0.25) is 13.6 Å². The van der Waals surface area contributed by atoms with Crippen LogP contribution >= 0.6 is 0 Å². The Morgan fingerprint density at radius 2 is 1.64 bits per heavy atom. The first kappa shape index (κ1) is 17.0. The van der Waals surface area contributed by atoms with Crippen LogP contribution in [0.2, 0.25) is 0 Å². The molecule has 8 heteroatoms. The molecule has 1 saturated heterocycles. The van der Waals surface area contributed by atoms with Crippen molar-refractivity contribution in [2.24, 2.45) is 0 Å². The third kappa shape index (κ3) is 3.05. The molecule has 2 aromatic rings. The minimum atomic E-state index is -0.656. The van der Waals surface area contributed by atoms with Crippen molar-refractivity contribution < 1.29 is 28.8 Å². The molecule has 0 radical (unpaired) electrons. The fourth-order valence-corrected chi connectivity index (χ4v) is 3.83. The van der Waals surface area contributed by atoms with Crippen LogP contribution in [-0.4, -0.2) is 48.8 Å². The van der Waals surface area contributed by atoms with E-state index < -0.39 is 6.10 Å². The van der Waals surface area contributed by atoms with Gasteiger partial charge in [-0.05, 0) is 36.2 Å². The highest BCUT2D eigenvalue weighted by Gasteiger charge is 2.32. The van der Waals surface area contributed by atoms with Gasteiger partial charge in [-0.3, -0.25) is 0 Å². The first-order chi connectivity index (χ1) is 13.7. The van der Waals surface area contributed by atoms with Gasteiger partial charge in [0.25, 0.3) is 0 Å². The lowest BCUT2D eigenvalue weighted by Gasteiger charge is -2.36. The molecule has 8 nitrogen and oxygen atoms in total. The van der Waals surface area contributed by atoms with E-state index in [9.17, 15) is 9.90 Å². The molecule has 146 valence electrons. The van der Waals surface area contributed by atoms with Gasteiger partial charge >= 0.3 is 6.03 Å². The number of amides is 2. The fraction of sp³-hybridized carbons (Fsp3) is 0.350. The highest BCUT2D eigenvalue weighted by Crippen LogP contribution is 2.38. The summed E-state index contributed by atoms with van der Waals surface area (Å²) in [5, 5.41) is 13.5. The zero-order valence-electron chi connectivity index (χ0n) is 15.1. The Morgan fingerprint density at radius 3 is 2.39 bits per heavy atom. The lowest BCUT2D eigenvalue weighted by Crippen LogP contribution is -2.47. The summed E-state index contributed by atoms with van der Waals surface area (Å²) >= 11 is 0. The van der Waals surface area contributed by atoms with Gasteiger partial charge in [-0.2, -0.15) is 0 Å². The Kier molecular flexibility index (Phi) is 4.12. The molecule has 2 N–H and O–H groups in total. The van der Waals surface area contributed by atoms with Crippen LogP contribution < -0.4 is 24.3 Å². The average molecular weight is 384 g/mol. The number of likely N-dealkylation sites (tertiary alicyclic amines) is 1. The van der Waals surface area contributed by atoms with E-state index in [1.165, 1.54) is 0 Å². The van der Waals surface area contributed by atoms with Crippen LogP contribution in [0.5, 0.6) is 23.0 Å². The molecule has 0 bridgehead atoms. The second-order valence-electron chi connectivity index (χ2n) is 7.02. The highest BCUT2D eigenvalue weighted by atomic mass is 16.7. The maximum absolute atomic E-state index is 12.6. The normalized spacial score (nSPS) is 22.2. The minimum absolute atomic E-state index is 0.0518. The van der Waals surface area contributed by atoms with Crippen LogP contribution in [0.15, 0.2) is 36.4 Å². The van der Waals surface area contributed by atoms with Gasteiger partial charge in [0.1, 0.15) is 0 Å². The SMILES string of the molecule is O=C(Nc1ccc2c(c1)OCO2)N1CC[C@@H](c2ccc3c(c2)OCO3)[C@H](O)C1. The standard InChI is InChI=1S/C20H20N2O6/c23-15-9-22(20(24)21-13-2-4-17-19(8-13)28-11-26-17)6-5-14(15)12-1-3-16-18(7-12)27-10-25-16/h1-4,7-8,14-15,23H,5-6,9-11H2,(H,21,24)/t14-,15+/m0/s1. The maximum atomic E-state index is 12.6. The summed E-state index contributed by atoms with van der Waals surface area (Å²) in [6, 6.07) is 10.7. The van der Waals surface area contributed by atoms with Crippen molar-refractivity contribution in [2.45, 2.75) is 18.4 Å². The number of hydrogen-bond donors (Lipinski definition) is 2. The smallest absolute Gasteiger partial charge is 0.321 e. The molecule has 5 rings (SSSR count). The molecule has 28 heavy (non-hydrogen) atoms. The van der Waals surface area contributed by atoms with Crippen molar-refractivity contribution in [3.05, 3.63) is 42.0 Å². The van der Waals surface area contributed by atoms with E-state index in [4.69, 9.17) is 18.9 Å². The lowest BCUT2D eigenvalue weighted by atomic mass is 9.87. The first-order valence-corrected chi connectivity index (χ1v) is 9.20. The molecule has 0 aromatic heterocycles. The third-order valence-electron chi connectivity index (χ3n) is 5.32. The number of benzene rings is 2. The van der Waals surface area contributed by atoms with E-state index in [0.717, 1.165) is 11.3 Å². The van der Waals surface area contributed by atoms with Crippen LogP contribution in [0.4, 0.5) is 10.5 Å². The van der Waals surface area contributed by atoms with Crippen LogP contribution in [0.1, 0.15) is 17.9 Å². The number of hydrogen-bond acceptors (Lipinski definition) is 6. The number of anilines is 1. The summed E-state index contributed by atoms with van der Waals surface area (Å²) < 4.78 is 21.4. The lowest BCUT2D eigenvalue weighted by molar-refractivity contribution is 0.0688. The molecule has 2 aromatic carbocycles. The van der Waals surface area contributed by atoms with Gasteiger partial charge in [-0.25, -0.2) is 4.79 Å². The Morgan fingerprint density at radius 1 is 0.964 bits per heavy atom. The zero-order valence-corrected chi connectivity index (χ0v) is 15.1. The molecule has 3 aliphatic rings. The number of aliphatic hydroxyl groups is 1. The van der Waals surface area contributed by atoms with E-state index in [-0.39, 0.29) is 32.1 Å². The van der Waals surface area contributed by atoms with Gasteiger partial charge in [0, 0.05) is 30.8 Å². The van der Waals surface area contributed by atoms with Crippen LogP contribution in [-0.2, 0) is 0 Å². The Bertz CT molecular complexity index is 918. The molecule has 1 fully saturated rings. The van der Waals surface area contributed by atoms with Gasteiger partial charge < -0.3 is 34.3 Å². The number of piperidine rings is 1. The number of nitrogens with zero attached hydrogens (tertiary/aromatic N) is 1. The molecule has 0 spiro atoms. The summed E-state index contributed by atoms with van der Waals surface area (Å²) in [7, 11) is 0. The Balaban J connectivity index is 1.23. The average Bonchev–Trinajstić information content (AvgIpc) is 3.36. The molecule has 3 aliphatic heterocycles. The maximum Gasteiger partial charge on any atom is 0.321 e. The monoisotopic (exact) mass is 384 g/mol. The number of fused-ring (bicyclic) bond motifs is 2. The summed E-state index contributed by atoms with van der Waals surface area (Å²) in [6.45, 7) is 1.22. The second-order valence-corrected chi connectivity index (χ2v) is 7.02. The highest BCUT2D eigenvalue weighted by molar-refractivity contribution is 5.90. The van der Waals surface area contributed by atoms with Gasteiger partial charge in [-0.15, -0.1) is 0 Å². The van der Waals surface area contributed by atoms with E-state index in [0.29, 0.717) is 35.9 Å². The molecule has 2 atom stereocenters. The number of carbonyl (C=O) groups is 1. The fourth-order valence-electron chi connectivity index (χ4n) is 3.83. The van der Waals surface area contributed by atoms with Crippen LogP contribution in [0.3, 0.4) is 0 Å². The van der Waals surface area contributed by atoms with Crippen molar-refractivity contribution in [3.8, 4) is 23.0 Å². The zero-order chi connectivity index (χ0) is 19.1. The number of carbonyl (C=O) groups excluding carboxylic acids is 1. The molecule has 0 aliphatic carbocycles. The summed E-state index contributed by atoms with van der Waals surface area (Å²) in [5.41, 5.74) is 1.62. The van der Waals surface area contributed by atoms with Crippen LogP contribution in [0, 0.1) is 0 Å². The van der Waals surface area contributed by atoms with Crippen LogP contribution in [0.25, 0.3) is 0 Å². The minimum Gasteiger partial charge on any atom is -0.454 e. The molecule has 0 unspecified atom stereocenters. The van der Waals surface area contributed by atoms with E-state index >= 15 is 0 Å². The molecule has 0 saturated carbocycles. The van der Waals surface area contributed by atoms with Gasteiger partial charge in [0.15, 0.2) is 23.0 Å². The van der Waals surface area contributed by atoms with E-state index in [1.54, 1.807) is 23.1 Å². The number of urea groups is 1. The third-order valence-corrected chi connectivity index (χ3v) is 5.32. The second kappa shape index (κ2) is 6.79. The first-order valence-electron chi connectivity index (χ1n) is 9.20. The van der Waals surface area contributed by atoms with Gasteiger partial charge in [0.05, 0.1) is 6.10 Å². The van der Waals surface area contributed by atoms with Gasteiger partial charge in [-0.1, -0.05) is 6.07 Å². The predicted octanol–water partition coefficient (Wildman–Crippen LogP) is 2.53. The number of rotatable bonds is 2. The molecule has 2 amide bonds. The number of β-amino-alcohol motifs (C(OH)–C–C–N with tert-alkyl or cyclic N) is 1.